The van der Waals surface area contributed by atoms with Gasteiger partial charge >= 0.3 is 5.91 Å². The summed E-state index contributed by atoms with van der Waals surface area (Å²) in [6, 6.07) is 13.0. The predicted molar refractivity (Wildman–Crippen MR) is 118 cm³/mol. The van der Waals surface area contributed by atoms with Gasteiger partial charge in [-0.2, -0.15) is 0 Å². The molecule has 2 heterocycles. The zero-order chi connectivity index (χ0) is 22.3. The van der Waals surface area contributed by atoms with Gasteiger partial charge in [0.1, 0.15) is 17.3 Å². The Kier molecular flexibility index (Phi) is 5.41. The van der Waals surface area contributed by atoms with Crippen LogP contribution in [0.3, 0.4) is 0 Å². The van der Waals surface area contributed by atoms with E-state index in [-0.39, 0.29) is 17.2 Å². The topological polar surface area (TPSA) is 92.9 Å². The Hall–Kier alpha value is -3.39. The van der Waals surface area contributed by atoms with Crippen molar-refractivity contribution < 1.29 is 24.0 Å². The summed E-state index contributed by atoms with van der Waals surface area (Å²) in [7, 11) is 1.56. The van der Waals surface area contributed by atoms with E-state index in [0.717, 1.165) is 10.0 Å². The number of aliphatic hydroxyl groups is 1. The molecule has 1 amide bonds. The summed E-state index contributed by atoms with van der Waals surface area (Å²) in [6.07, 6.45) is 0. The summed E-state index contributed by atoms with van der Waals surface area (Å²) in [5, 5.41) is 15.1. The van der Waals surface area contributed by atoms with Crippen LogP contribution < -0.4 is 9.64 Å². The lowest BCUT2D eigenvalue weighted by Crippen LogP contribution is -2.29. The summed E-state index contributed by atoms with van der Waals surface area (Å²) >= 11 is 3.43. The summed E-state index contributed by atoms with van der Waals surface area (Å²) in [5.41, 5.74) is 1.81. The van der Waals surface area contributed by atoms with Crippen molar-refractivity contribution in [3.05, 3.63) is 81.0 Å². The summed E-state index contributed by atoms with van der Waals surface area (Å²) in [6.45, 7) is 3.53. The number of halogens is 1. The zero-order valence-corrected chi connectivity index (χ0v) is 18.6. The van der Waals surface area contributed by atoms with Gasteiger partial charge in [-0.3, -0.25) is 14.5 Å². The van der Waals surface area contributed by atoms with Crippen molar-refractivity contribution in [2.45, 2.75) is 19.9 Å². The highest BCUT2D eigenvalue weighted by Gasteiger charge is 2.48. The molecule has 1 aromatic heterocycles. The van der Waals surface area contributed by atoms with E-state index in [0.29, 0.717) is 22.6 Å². The van der Waals surface area contributed by atoms with Crippen LogP contribution in [-0.4, -0.2) is 29.1 Å². The molecule has 0 saturated carbocycles. The molecule has 0 bridgehead atoms. The Labute approximate surface area is 187 Å². The van der Waals surface area contributed by atoms with Crippen LogP contribution in [0.15, 0.2) is 63.1 Å². The first-order valence-corrected chi connectivity index (χ1v) is 10.3. The molecule has 1 N–H and O–H groups in total. The number of hydrogen-bond acceptors (Lipinski definition) is 6. The Bertz CT molecular complexity index is 1230. The Balaban J connectivity index is 1.94. The molecule has 2 aromatic carbocycles. The van der Waals surface area contributed by atoms with Crippen molar-refractivity contribution in [1.29, 1.82) is 0 Å². The Morgan fingerprint density at radius 1 is 1.16 bits per heavy atom. The highest BCUT2D eigenvalue weighted by Crippen LogP contribution is 2.42. The standard InChI is InChI=1S/C23H19BrN2O5/c1-12-9-15(7-8-17(12)30-3)21(27)19-20(14-5-4-6-16(24)11-14)26(23(29)22(19)28)18-10-13(2)31-25-18/h4-11,20,27H,1-3H3/t20-/m1/s1. The summed E-state index contributed by atoms with van der Waals surface area (Å²) < 4.78 is 11.2. The third-order valence-electron chi connectivity index (χ3n) is 5.14. The molecule has 3 aromatic rings. The zero-order valence-electron chi connectivity index (χ0n) is 17.0. The fourth-order valence-electron chi connectivity index (χ4n) is 3.71. The van der Waals surface area contributed by atoms with Crippen LogP contribution in [0.4, 0.5) is 5.82 Å². The minimum absolute atomic E-state index is 0.0201. The van der Waals surface area contributed by atoms with Gasteiger partial charge < -0.3 is 14.4 Å². The third-order valence-corrected chi connectivity index (χ3v) is 5.63. The molecule has 7 nitrogen and oxygen atoms in total. The highest BCUT2D eigenvalue weighted by molar-refractivity contribution is 9.10. The van der Waals surface area contributed by atoms with Crippen molar-refractivity contribution >= 4 is 39.2 Å². The minimum atomic E-state index is -0.871. The van der Waals surface area contributed by atoms with E-state index < -0.39 is 17.7 Å². The predicted octanol–water partition coefficient (Wildman–Crippen LogP) is 4.69. The van der Waals surface area contributed by atoms with Crippen molar-refractivity contribution in [3.8, 4) is 5.75 Å². The largest absolute Gasteiger partial charge is 0.507 e. The number of aryl methyl sites for hydroxylation is 2. The fourth-order valence-corrected chi connectivity index (χ4v) is 4.13. The lowest BCUT2D eigenvalue weighted by molar-refractivity contribution is -0.132. The number of amides is 1. The summed E-state index contributed by atoms with van der Waals surface area (Å²) in [4.78, 5) is 27.4. The van der Waals surface area contributed by atoms with Gasteiger partial charge in [-0.05, 0) is 55.3 Å². The smallest absolute Gasteiger partial charge is 0.301 e. The third kappa shape index (κ3) is 3.63. The van der Waals surface area contributed by atoms with Crippen LogP contribution >= 0.6 is 15.9 Å². The Morgan fingerprint density at radius 3 is 2.55 bits per heavy atom. The monoisotopic (exact) mass is 482 g/mol. The molecular formula is C23H19BrN2O5. The maximum absolute atomic E-state index is 13.1. The average molecular weight is 483 g/mol. The van der Waals surface area contributed by atoms with Gasteiger partial charge in [-0.1, -0.05) is 33.2 Å². The summed E-state index contributed by atoms with van der Waals surface area (Å²) in [5.74, 6) is -0.498. The second-order valence-electron chi connectivity index (χ2n) is 7.20. The van der Waals surface area contributed by atoms with E-state index in [2.05, 4.69) is 21.1 Å². The van der Waals surface area contributed by atoms with Crippen molar-refractivity contribution in [2.24, 2.45) is 0 Å². The number of nitrogens with zero attached hydrogens (tertiary/aromatic N) is 2. The van der Waals surface area contributed by atoms with Crippen molar-refractivity contribution in [3.63, 3.8) is 0 Å². The highest BCUT2D eigenvalue weighted by atomic mass is 79.9. The van der Waals surface area contributed by atoms with Crippen LogP contribution in [0.5, 0.6) is 5.75 Å². The van der Waals surface area contributed by atoms with E-state index in [4.69, 9.17) is 9.26 Å². The normalized spacial score (nSPS) is 17.9. The second-order valence-corrected chi connectivity index (χ2v) is 8.12. The first-order valence-electron chi connectivity index (χ1n) is 9.46. The molecule has 1 fully saturated rings. The van der Waals surface area contributed by atoms with Gasteiger partial charge in [0.2, 0.25) is 0 Å². The van der Waals surface area contributed by atoms with Crippen molar-refractivity contribution in [2.75, 3.05) is 12.0 Å². The lowest BCUT2D eigenvalue weighted by Gasteiger charge is -2.23. The van der Waals surface area contributed by atoms with Gasteiger partial charge in [-0.25, -0.2) is 0 Å². The number of hydrogen-bond donors (Lipinski definition) is 1. The van der Waals surface area contributed by atoms with Crippen LogP contribution in [0.25, 0.3) is 5.76 Å². The number of methoxy groups -OCH3 is 1. The number of carbonyl (C=O) groups excluding carboxylic acids is 2. The number of ketones is 1. The first kappa shape index (κ1) is 20.9. The van der Waals surface area contributed by atoms with E-state index >= 15 is 0 Å². The van der Waals surface area contributed by atoms with Gasteiger partial charge in [0.25, 0.3) is 5.78 Å². The molecule has 158 valence electrons. The second kappa shape index (κ2) is 8.03. The quantitative estimate of drug-likeness (QED) is 0.329. The van der Waals surface area contributed by atoms with Gasteiger partial charge in [0.05, 0.1) is 18.7 Å². The molecule has 1 atom stereocenters. The molecule has 8 heteroatoms. The van der Waals surface area contributed by atoms with E-state index in [1.165, 1.54) is 4.90 Å². The molecule has 1 aliphatic rings. The molecule has 0 spiro atoms. The number of anilines is 1. The number of Topliss-reactive ketones (excluding diaryl/α,β-unsaturated/α-hetero) is 1. The number of aliphatic hydroxyl groups excluding tert-OH is 1. The molecule has 0 aliphatic carbocycles. The molecule has 0 radical (unpaired) electrons. The first-order chi connectivity index (χ1) is 14.8. The van der Waals surface area contributed by atoms with E-state index in [9.17, 15) is 14.7 Å². The van der Waals surface area contributed by atoms with Crippen LogP contribution in [0, 0.1) is 13.8 Å². The van der Waals surface area contributed by atoms with Gasteiger partial charge in [0.15, 0.2) is 5.82 Å². The number of benzene rings is 2. The maximum Gasteiger partial charge on any atom is 0.301 e. The van der Waals surface area contributed by atoms with Gasteiger partial charge in [0, 0.05) is 16.1 Å². The van der Waals surface area contributed by atoms with Crippen LogP contribution in [-0.2, 0) is 9.59 Å². The van der Waals surface area contributed by atoms with Crippen LogP contribution in [0.1, 0.15) is 28.5 Å². The average Bonchev–Trinajstić information content (AvgIpc) is 3.28. The molecular weight excluding hydrogens is 464 g/mol. The minimum Gasteiger partial charge on any atom is -0.507 e. The van der Waals surface area contributed by atoms with Crippen LogP contribution in [0.2, 0.25) is 0 Å². The molecule has 31 heavy (non-hydrogen) atoms. The Morgan fingerprint density at radius 2 is 1.94 bits per heavy atom. The van der Waals surface area contributed by atoms with Crippen molar-refractivity contribution in [1.82, 2.24) is 5.16 Å². The lowest BCUT2D eigenvalue weighted by atomic mass is 9.95. The maximum atomic E-state index is 13.1. The molecule has 1 saturated heterocycles. The fraction of sp³-hybridized carbons (Fsp3) is 0.174. The molecule has 0 unspecified atom stereocenters. The van der Waals surface area contributed by atoms with Gasteiger partial charge in [-0.15, -0.1) is 0 Å². The molecule has 1 aliphatic heterocycles. The number of rotatable bonds is 4. The van der Waals surface area contributed by atoms with E-state index in [1.54, 1.807) is 56.5 Å². The number of ether oxygens (including phenoxy) is 1. The number of aromatic nitrogens is 1. The van der Waals surface area contributed by atoms with E-state index in [1.807, 2.05) is 13.0 Å². The SMILES string of the molecule is COc1ccc(C(O)=C2C(=O)C(=O)N(c3cc(C)on3)[C@@H]2c2cccc(Br)c2)cc1C. The number of carbonyl (C=O) groups is 2. The molecule has 4 rings (SSSR count).